The highest BCUT2D eigenvalue weighted by molar-refractivity contribution is 7.14. The number of carbonyl (C=O) groups is 1. The molecular formula is C18H18N4O2S. The molecule has 1 aliphatic rings. The van der Waals surface area contributed by atoms with Crippen LogP contribution >= 0.6 is 11.3 Å². The summed E-state index contributed by atoms with van der Waals surface area (Å²) in [7, 11) is 1.88. The van der Waals surface area contributed by atoms with E-state index in [9.17, 15) is 4.79 Å². The van der Waals surface area contributed by atoms with Gasteiger partial charge in [-0.15, -0.1) is 11.3 Å². The highest BCUT2D eigenvalue weighted by atomic mass is 32.1. The molecule has 0 fully saturated rings. The lowest BCUT2D eigenvalue weighted by atomic mass is 9.97. The van der Waals surface area contributed by atoms with Crippen LogP contribution in [-0.2, 0) is 23.0 Å². The largest absolute Gasteiger partial charge is 0.363 e. The fourth-order valence-corrected chi connectivity index (χ4v) is 3.80. The number of rotatable bonds is 3. The lowest BCUT2D eigenvalue weighted by molar-refractivity contribution is -0.128. The highest BCUT2D eigenvalue weighted by Gasteiger charge is 2.27. The van der Waals surface area contributed by atoms with Gasteiger partial charge in [0.05, 0.1) is 18.0 Å². The van der Waals surface area contributed by atoms with E-state index >= 15 is 0 Å². The lowest BCUT2D eigenvalue weighted by Crippen LogP contribution is -2.28. The van der Waals surface area contributed by atoms with Crippen molar-refractivity contribution in [2.45, 2.75) is 19.4 Å². The van der Waals surface area contributed by atoms with Gasteiger partial charge in [0.1, 0.15) is 0 Å². The van der Waals surface area contributed by atoms with Crippen LogP contribution in [0, 0.1) is 6.92 Å². The Balaban J connectivity index is 1.54. The highest BCUT2D eigenvalue weighted by Crippen LogP contribution is 2.30. The first-order valence-electron chi connectivity index (χ1n) is 8.08. The minimum absolute atomic E-state index is 0.184. The van der Waals surface area contributed by atoms with Crippen molar-refractivity contribution < 1.29 is 9.53 Å². The van der Waals surface area contributed by atoms with Gasteiger partial charge < -0.3 is 4.74 Å². The van der Waals surface area contributed by atoms with E-state index in [0.29, 0.717) is 11.7 Å². The number of benzene rings is 1. The zero-order valence-corrected chi connectivity index (χ0v) is 14.8. The maximum atomic E-state index is 12.7. The summed E-state index contributed by atoms with van der Waals surface area (Å²) in [4.78, 5) is 17.2. The number of ether oxygens (including phenoxy) is 1. The average Bonchev–Trinajstić information content (AvgIpc) is 3.20. The SMILES string of the molecule is Cc1nn(C)cc1-c1csc(NC(=O)[C@@H]2OCCc3ccccc32)n1. The van der Waals surface area contributed by atoms with Crippen molar-refractivity contribution in [1.29, 1.82) is 0 Å². The van der Waals surface area contributed by atoms with Crippen LogP contribution in [0.4, 0.5) is 5.13 Å². The van der Waals surface area contributed by atoms with Crippen molar-refractivity contribution in [2.75, 3.05) is 11.9 Å². The topological polar surface area (TPSA) is 69.0 Å². The molecule has 0 aliphatic carbocycles. The molecule has 2 aromatic heterocycles. The van der Waals surface area contributed by atoms with Gasteiger partial charge in [0.15, 0.2) is 11.2 Å². The molecule has 1 amide bonds. The van der Waals surface area contributed by atoms with Gasteiger partial charge in [0, 0.05) is 24.2 Å². The van der Waals surface area contributed by atoms with Crippen LogP contribution in [0.5, 0.6) is 0 Å². The number of thiazole rings is 1. The van der Waals surface area contributed by atoms with Crippen LogP contribution in [0.2, 0.25) is 0 Å². The van der Waals surface area contributed by atoms with E-state index in [4.69, 9.17) is 4.74 Å². The third-order valence-corrected chi connectivity index (χ3v) is 5.01. The molecule has 3 heterocycles. The van der Waals surface area contributed by atoms with Gasteiger partial charge in [-0.2, -0.15) is 5.10 Å². The number of nitrogens with one attached hydrogen (secondary N) is 1. The summed E-state index contributed by atoms with van der Waals surface area (Å²) in [6, 6.07) is 7.92. The Morgan fingerprint density at radius 1 is 1.40 bits per heavy atom. The van der Waals surface area contributed by atoms with Crippen LogP contribution < -0.4 is 5.32 Å². The van der Waals surface area contributed by atoms with E-state index in [2.05, 4.69) is 15.4 Å². The summed E-state index contributed by atoms with van der Waals surface area (Å²) in [6.07, 6.45) is 2.18. The van der Waals surface area contributed by atoms with Crippen molar-refractivity contribution in [3.8, 4) is 11.3 Å². The first-order chi connectivity index (χ1) is 12.1. The fraction of sp³-hybridized carbons (Fsp3) is 0.278. The summed E-state index contributed by atoms with van der Waals surface area (Å²) in [5, 5.41) is 9.71. The predicted octanol–water partition coefficient (Wildman–Crippen LogP) is 3.10. The van der Waals surface area contributed by atoms with Crippen molar-refractivity contribution in [2.24, 2.45) is 7.05 Å². The molecule has 128 valence electrons. The molecule has 0 bridgehead atoms. The Bertz CT molecular complexity index is 931. The van der Waals surface area contributed by atoms with E-state index in [0.717, 1.165) is 28.9 Å². The van der Waals surface area contributed by atoms with Gasteiger partial charge in [0.25, 0.3) is 5.91 Å². The Labute approximate surface area is 149 Å². The maximum absolute atomic E-state index is 12.7. The number of anilines is 1. The van der Waals surface area contributed by atoms with Crippen LogP contribution in [0.15, 0.2) is 35.8 Å². The zero-order valence-electron chi connectivity index (χ0n) is 14.0. The van der Waals surface area contributed by atoms with Crippen molar-refractivity contribution in [1.82, 2.24) is 14.8 Å². The van der Waals surface area contributed by atoms with Crippen molar-refractivity contribution in [3.05, 3.63) is 52.7 Å². The Hall–Kier alpha value is -2.51. The van der Waals surface area contributed by atoms with E-state index in [1.165, 1.54) is 16.9 Å². The normalized spacial score (nSPS) is 16.5. The monoisotopic (exact) mass is 354 g/mol. The summed E-state index contributed by atoms with van der Waals surface area (Å²) >= 11 is 1.40. The van der Waals surface area contributed by atoms with E-state index in [-0.39, 0.29) is 5.91 Å². The first-order valence-corrected chi connectivity index (χ1v) is 8.96. The number of carbonyl (C=O) groups excluding carboxylic acids is 1. The molecule has 7 heteroatoms. The lowest BCUT2D eigenvalue weighted by Gasteiger charge is -2.24. The van der Waals surface area contributed by atoms with Crippen molar-refractivity contribution >= 4 is 22.4 Å². The van der Waals surface area contributed by atoms with Crippen LogP contribution in [-0.4, -0.2) is 27.3 Å². The summed E-state index contributed by atoms with van der Waals surface area (Å²) in [5.74, 6) is -0.184. The molecule has 1 N–H and O–H groups in total. The molecule has 0 radical (unpaired) electrons. The molecule has 1 aliphatic heterocycles. The molecule has 0 saturated heterocycles. The molecule has 6 nitrogen and oxygen atoms in total. The molecule has 0 saturated carbocycles. The Morgan fingerprint density at radius 3 is 3.04 bits per heavy atom. The predicted molar refractivity (Wildman–Crippen MR) is 96.5 cm³/mol. The number of hydrogen-bond donors (Lipinski definition) is 1. The molecular weight excluding hydrogens is 336 g/mol. The second-order valence-corrected chi connectivity index (χ2v) is 6.89. The molecule has 4 rings (SSSR count). The zero-order chi connectivity index (χ0) is 17.4. The summed E-state index contributed by atoms with van der Waals surface area (Å²) in [6.45, 7) is 2.49. The Kier molecular flexibility index (Phi) is 4.10. The number of hydrogen-bond acceptors (Lipinski definition) is 5. The van der Waals surface area contributed by atoms with Gasteiger partial charge in [-0.05, 0) is 24.5 Å². The molecule has 0 unspecified atom stereocenters. The number of fused-ring (bicyclic) bond motifs is 1. The second-order valence-electron chi connectivity index (χ2n) is 6.03. The molecule has 25 heavy (non-hydrogen) atoms. The summed E-state index contributed by atoms with van der Waals surface area (Å²) < 4.78 is 7.46. The summed E-state index contributed by atoms with van der Waals surface area (Å²) in [5.41, 5.74) is 4.80. The maximum Gasteiger partial charge on any atom is 0.259 e. The average molecular weight is 354 g/mol. The number of nitrogens with zero attached hydrogens (tertiary/aromatic N) is 3. The molecule has 1 atom stereocenters. The second kappa shape index (κ2) is 6.42. The van der Waals surface area contributed by atoms with E-state index in [1.807, 2.05) is 49.8 Å². The molecule has 0 spiro atoms. The minimum atomic E-state index is -0.586. The van der Waals surface area contributed by atoms with Gasteiger partial charge in [-0.1, -0.05) is 24.3 Å². The van der Waals surface area contributed by atoms with E-state index in [1.54, 1.807) is 4.68 Å². The third kappa shape index (κ3) is 3.08. The fourth-order valence-electron chi connectivity index (χ4n) is 3.09. The smallest absolute Gasteiger partial charge is 0.259 e. The van der Waals surface area contributed by atoms with E-state index < -0.39 is 6.10 Å². The minimum Gasteiger partial charge on any atom is -0.363 e. The molecule has 1 aromatic carbocycles. The Morgan fingerprint density at radius 2 is 2.24 bits per heavy atom. The van der Waals surface area contributed by atoms with Gasteiger partial charge in [-0.25, -0.2) is 4.98 Å². The van der Waals surface area contributed by atoms with Crippen LogP contribution in [0.25, 0.3) is 11.3 Å². The number of aryl methyl sites for hydroxylation is 2. The van der Waals surface area contributed by atoms with Gasteiger partial charge >= 0.3 is 0 Å². The van der Waals surface area contributed by atoms with Crippen LogP contribution in [0.1, 0.15) is 22.9 Å². The standard InChI is InChI=1S/C18H18N4O2S/c1-11-14(9-22(2)21-11)15-10-25-18(19-15)20-17(23)16-13-6-4-3-5-12(13)7-8-24-16/h3-6,9-10,16H,7-8H2,1-2H3,(H,19,20,23)/t16-/m1/s1. The number of aromatic nitrogens is 3. The van der Waals surface area contributed by atoms with Gasteiger partial charge in [0.2, 0.25) is 0 Å². The number of amides is 1. The first kappa shape index (κ1) is 16.0. The van der Waals surface area contributed by atoms with Crippen molar-refractivity contribution in [3.63, 3.8) is 0 Å². The third-order valence-electron chi connectivity index (χ3n) is 4.26. The van der Waals surface area contributed by atoms with Gasteiger partial charge in [-0.3, -0.25) is 14.8 Å². The molecule has 3 aromatic rings. The van der Waals surface area contributed by atoms with Crippen LogP contribution in [0.3, 0.4) is 0 Å². The quantitative estimate of drug-likeness (QED) is 0.785.